The summed E-state index contributed by atoms with van der Waals surface area (Å²) in [4.78, 5) is 4.20. The normalized spacial score (nSPS) is 12.4. The minimum atomic E-state index is 0.214. The fraction of sp³-hybridized carbons (Fsp3) is 0.312. The van der Waals surface area contributed by atoms with Gasteiger partial charge in [-0.05, 0) is 54.8 Å². The molecule has 2 nitrogen and oxygen atoms in total. The van der Waals surface area contributed by atoms with Crippen molar-refractivity contribution in [3.63, 3.8) is 0 Å². The second-order valence-corrected chi connectivity index (χ2v) is 5.55. The SMILES string of the molecule is CCc1cnccc1C(Cc1ccc(Cl)cc1Cl)NC. The molecule has 0 aliphatic heterocycles. The fourth-order valence-corrected chi connectivity index (χ4v) is 2.83. The minimum absolute atomic E-state index is 0.214. The van der Waals surface area contributed by atoms with Crippen LogP contribution >= 0.6 is 23.2 Å². The number of benzene rings is 1. The number of hydrogen-bond donors (Lipinski definition) is 1. The Morgan fingerprint density at radius 1 is 1.20 bits per heavy atom. The Morgan fingerprint density at radius 2 is 2.00 bits per heavy atom. The van der Waals surface area contributed by atoms with Crippen molar-refractivity contribution in [1.29, 1.82) is 0 Å². The van der Waals surface area contributed by atoms with Gasteiger partial charge in [-0.3, -0.25) is 4.98 Å². The van der Waals surface area contributed by atoms with Crippen molar-refractivity contribution in [1.82, 2.24) is 10.3 Å². The summed E-state index contributed by atoms with van der Waals surface area (Å²) >= 11 is 12.2. The molecule has 0 fully saturated rings. The highest BCUT2D eigenvalue weighted by atomic mass is 35.5. The molecular weight excluding hydrogens is 291 g/mol. The molecule has 1 N–H and O–H groups in total. The van der Waals surface area contributed by atoms with Crippen LogP contribution in [0, 0.1) is 0 Å². The Morgan fingerprint density at radius 3 is 2.65 bits per heavy atom. The molecule has 2 rings (SSSR count). The van der Waals surface area contributed by atoms with Crippen LogP contribution in [0.15, 0.2) is 36.7 Å². The van der Waals surface area contributed by atoms with Gasteiger partial charge >= 0.3 is 0 Å². The van der Waals surface area contributed by atoms with Crippen LogP contribution in [0.3, 0.4) is 0 Å². The first-order valence-corrected chi connectivity index (χ1v) is 7.45. The minimum Gasteiger partial charge on any atom is -0.313 e. The van der Waals surface area contributed by atoms with Crippen molar-refractivity contribution in [3.05, 3.63) is 63.4 Å². The number of pyridine rings is 1. The number of nitrogens with zero attached hydrogens (tertiary/aromatic N) is 1. The molecule has 1 heterocycles. The van der Waals surface area contributed by atoms with Crippen LogP contribution < -0.4 is 5.32 Å². The van der Waals surface area contributed by atoms with Crippen LogP contribution in [-0.2, 0) is 12.8 Å². The molecule has 1 aromatic heterocycles. The van der Waals surface area contributed by atoms with Gasteiger partial charge < -0.3 is 5.32 Å². The monoisotopic (exact) mass is 308 g/mol. The molecule has 0 saturated carbocycles. The van der Waals surface area contributed by atoms with Gasteiger partial charge in [-0.2, -0.15) is 0 Å². The number of aryl methyl sites for hydroxylation is 1. The summed E-state index contributed by atoms with van der Waals surface area (Å²) in [6.07, 6.45) is 5.56. The van der Waals surface area contributed by atoms with E-state index in [1.54, 1.807) is 6.07 Å². The summed E-state index contributed by atoms with van der Waals surface area (Å²) in [7, 11) is 1.97. The standard InChI is InChI=1S/C16H18Cl2N2/c1-3-11-10-20-7-6-14(11)16(19-2)8-12-4-5-13(17)9-15(12)18/h4-7,9-10,16,19H,3,8H2,1-2H3. The van der Waals surface area contributed by atoms with E-state index in [1.807, 2.05) is 31.6 Å². The Kier molecular flexibility index (Phi) is 5.41. The topological polar surface area (TPSA) is 24.9 Å². The van der Waals surface area contributed by atoms with Crippen molar-refractivity contribution in [2.24, 2.45) is 0 Å². The van der Waals surface area contributed by atoms with Crippen molar-refractivity contribution in [2.75, 3.05) is 7.05 Å². The lowest BCUT2D eigenvalue weighted by Crippen LogP contribution is -2.20. The molecule has 2 aromatic rings. The van der Waals surface area contributed by atoms with E-state index in [9.17, 15) is 0 Å². The second kappa shape index (κ2) is 7.07. The highest BCUT2D eigenvalue weighted by molar-refractivity contribution is 6.35. The van der Waals surface area contributed by atoms with Crippen LogP contribution in [0.5, 0.6) is 0 Å². The van der Waals surface area contributed by atoms with E-state index in [0.29, 0.717) is 10.0 Å². The molecular formula is C16H18Cl2N2. The average molecular weight is 309 g/mol. The quantitative estimate of drug-likeness (QED) is 0.882. The lowest BCUT2D eigenvalue weighted by Gasteiger charge is -2.20. The molecule has 1 atom stereocenters. The van der Waals surface area contributed by atoms with Gasteiger partial charge in [-0.15, -0.1) is 0 Å². The van der Waals surface area contributed by atoms with Crippen molar-refractivity contribution < 1.29 is 0 Å². The summed E-state index contributed by atoms with van der Waals surface area (Å²) < 4.78 is 0. The predicted octanol–water partition coefficient (Wildman–Crippen LogP) is 4.45. The molecule has 1 aromatic carbocycles. The maximum absolute atomic E-state index is 6.27. The molecule has 20 heavy (non-hydrogen) atoms. The van der Waals surface area contributed by atoms with Crippen LogP contribution in [0.25, 0.3) is 0 Å². The molecule has 0 aliphatic rings. The lowest BCUT2D eigenvalue weighted by atomic mass is 9.95. The third-order valence-electron chi connectivity index (χ3n) is 3.49. The number of halogens is 2. The summed E-state index contributed by atoms with van der Waals surface area (Å²) in [6, 6.07) is 7.94. The Hall–Kier alpha value is -1.09. The van der Waals surface area contributed by atoms with E-state index in [0.717, 1.165) is 18.4 Å². The zero-order valence-corrected chi connectivity index (χ0v) is 13.2. The second-order valence-electron chi connectivity index (χ2n) is 4.71. The highest BCUT2D eigenvalue weighted by Gasteiger charge is 2.15. The van der Waals surface area contributed by atoms with E-state index < -0.39 is 0 Å². The summed E-state index contributed by atoms with van der Waals surface area (Å²) in [6.45, 7) is 2.14. The number of likely N-dealkylation sites (N-methyl/N-ethyl adjacent to an activating group) is 1. The van der Waals surface area contributed by atoms with Crippen LogP contribution in [0.4, 0.5) is 0 Å². The molecule has 0 saturated heterocycles. The third kappa shape index (κ3) is 3.51. The van der Waals surface area contributed by atoms with Crippen molar-refractivity contribution in [3.8, 4) is 0 Å². The fourth-order valence-electron chi connectivity index (χ4n) is 2.35. The first-order chi connectivity index (χ1) is 9.65. The first-order valence-electron chi connectivity index (χ1n) is 6.69. The number of nitrogens with one attached hydrogen (secondary N) is 1. The Balaban J connectivity index is 2.29. The predicted molar refractivity (Wildman–Crippen MR) is 85.6 cm³/mol. The van der Waals surface area contributed by atoms with E-state index in [1.165, 1.54) is 11.1 Å². The number of hydrogen-bond acceptors (Lipinski definition) is 2. The summed E-state index contributed by atoms with van der Waals surface area (Å²) in [5, 5.41) is 4.74. The van der Waals surface area contributed by atoms with Crippen molar-refractivity contribution in [2.45, 2.75) is 25.8 Å². The van der Waals surface area contributed by atoms with Gasteiger partial charge in [0.25, 0.3) is 0 Å². The zero-order chi connectivity index (χ0) is 14.5. The summed E-state index contributed by atoms with van der Waals surface area (Å²) in [5.74, 6) is 0. The Bertz CT molecular complexity index is 584. The molecule has 0 amide bonds. The van der Waals surface area contributed by atoms with Gasteiger partial charge in [0, 0.05) is 28.5 Å². The van der Waals surface area contributed by atoms with E-state index in [-0.39, 0.29) is 6.04 Å². The number of aromatic nitrogens is 1. The smallest absolute Gasteiger partial charge is 0.0453 e. The maximum atomic E-state index is 6.27. The molecule has 1 unspecified atom stereocenters. The number of rotatable bonds is 5. The summed E-state index contributed by atoms with van der Waals surface area (Å²) in [5.41, 5.74) is 3.63. The van der Waals surface area contributed by atoms with Gasteiger partial charge in [0.1, 0.15) is 0 Å². The van der Waals surface area contributed by atoms with Gasteiger partial charge in [-0.25, -0.2) is 0 Å². The van der Waals surface area contributed by atoms with E-state index in [4.69, 9.17) is 23.2 Å². The molecule has 0 spiro atoms. The molecule has 0 radical (unpaired) electrons. The average Bonchev–Trinajstić information content (AvgIpc) is 2.46. The van der Waals surface area contributed by atoms with Gasteiger partial charge in [0.05, 0.1) is 0 Å². The molecule has 0 bridgehead atoms. The van der Waals surface area contributed by atoms with Crippen LogP contribution in [0.2, 0.25) is 10.0 Å². The lowest BCUT2D eigenvalue weighted by molar-refractivity contribution is 0.586. The molecule has 4 heteroatoms. The van der Waals surface area contributed by atoms with Crippen LogP contribution in [0.1, 0.15) is 29.7 Å². The van der Waals surface area contributed by atoms with E-state index >= 15 is 0 Å². The maximum Gasteiger partial charge on any atom is 0.0453 e. The van der Waals surface area contributed by atoms with Gasteiger partial charge in [-0.1, -0.05) is 36.2 Å². The molecule has 0 aliphatic carbocycles. The Labute approximate surface area is 130 Å². The zero-order valence-electron chi connectivity index (χ0n) is 11.7. The van der Waals surface area contributed by atoms with Crippen LogP contribution in [-0.4, -0.2) is 12.0 Å². The highest BCUT2D eigenvalue weighted by Crippen LogP contribution is 2.27. The van der Waals surface area contributed by atoms with Gasteiger partial charge in [0.15, 0.2) is 0 Å². The van der Waals surface area contributed by atoms with E-state index in [2.05, 4.69) is 23.3 Å². The third-order valence-corrected chi connectivity index (χ3v) is 4.07. The molecule has 106 valence electrons. The van der Waals surface area contributed by atoms with Gasteiger partial charge in [0.2, 0.25) is 0 Å². The first kappa shape index (κ1) is 15.3. The largest absolute Gasteiger partial charge is 0.313 e. The van der Waals surface area contributed by atoms with Crippen molar-refractivity contribution >= 4 is 23.2 Å².